The number of benzene rings is 2. The lowest BCUT2D eigenvalue weighted by Gasteiger charge is -2.24. The van der Waals surface area contributed by atoms with Gasteiger partial charge in [0.1, 0.15) is 11.5 Å². The molecule has 5 rings (SSSR count). The molecule has 0 fully saturated rings. The number of nitrogens with zero attached hydrogens (tertiary/aromatic N) is 2. The number of fused-ring (bicyclic) bond motifs is 1. The van der Waals surface area contributed by atoms with Gasteiger partial charge in [0.25, 0.3) is 5.91 Å². The maximum absolute atomic E-state index is 13.5. The first-order valence-electron chi connectivity index (χ1n) is 11.4. The van der Waals surface area contributed by atoms with Crippen LogP contribution >= 0.6 is 11.3 Å². The highest BCUT2D eigenvalue weighted by Gasteiger charge is 2.46. The minimum absolute atomic E-state index is 0.00413. The Morgan fingerprint density at radius 3 is 2.54 bits per heavy atom. The third-order valence-corrected chi connectivity index (χ3v) is 6.95. The lowest BCUT2D eigenvalue weighted by Crippen LogP contribution is -2.31. The molecule has 1 aliphatic heterocycles. The number of aromatic nitrogens is 1. The van der Waals surface area contributed by atoms with Crippen LogP contribution in [-0.2, 0) is 9.53 Å². The molecule has 10 heteroatoms. The number of Topliss-reactive ketones (excluding diaryl/α,β-unsaturated/α-hetero) is 1. The molecule has 0 saturated heterocycles. The summed E-state index contributed by atoms with van der Waals surface area (Å²) < 4.78 is 16.6. The number of amides is 1. The van der Waals surface area contributed by atoms with Crippen LogP contribution in [0.5, 0.6) is 5.75 Å². The number of esters is 1. The summed E-state index contributed by atoms with van der Waals surface area (Å²) in [7, 11) is 1.28. The zero-order valence-electron chi connectivity index (χ0n) is 20.2. The lowest BCUT2D eigenvalue weighted by atomic mass is 9.94. The van der Waals surface area contributed by atoms with Crippen LogP contribution in [0.25, 0.3) is 10.2 Å². The molecule has 0 bridgehead atoms. The summed E-state index contributed by atoms with van der Waals surface area (Å²) in [6.07, 6.45) is 0. The molecule has 0 radical (unpaired) electrons. The highest BCUT2D eigenvalue weighted by atomic mass is 32.1. The van der Waals surface area contributed by atoms with E-state index >= 15 is 0 Å². The van der Waals surface area contributed by atoms with Crippen molar-refractivity contribution in [2.75, 3.05) is 18.6 Å². The number of ketones is 1. The number of ether oxygens (including phenoxy) is 2. The molecule has 37 heavy (non-hydrogen) atoms. The van der Waals surface area contributed by atoms with Crippen LogP contribution in [-0.4, -0.2) is 41.5 Å². The zero-order valence-corrected chi connectivity index (χ0v) is 21.0. The first-order chi connectivity index (χ1) is 17.8. The summed E-state index contributed by atoms with van der Waals surface area (Å²) in [5, 5.41) is 11.2. The van der Waals surface area contributed by atoms with E-state index < -0.39 is 29.5 Å². The van der Waals surface area contributed by atoms with Crippen LogP contribution in [0.4, 0.5) is 5.13 Å². The van der Waals surface area contributed by atoms with E-state index in [0.29, 0.717) is 39.9 Å². The van der Waals surface area contributed by atoms with Crippen molar-refractivity contribution in [3.8, 4) is 5.75 Å². The molecule has 1 amide bonds. The van der Waals surface area contributed by atoms with E-state index in [9.17, 15) is 19.5 Å². The van der Waals surface area contributed by atoms with Crippen molar-refractivity contribution in [3.05, 3.63) is 88.6 Å². The third kappa shape index (κ3) is 4.25. The molecule has 3 heterocycles. The van der Waals surface area contributed by atoms with E-state index in [1.54, 1.807) is 37.3 Å². The Balaban J connectivity index is 1.63. The molecule has 1 atom stereocenters. The molecule has 9 nitrogen and oxygen atoms in total. The number of furan rings is 1. The molecule has 0 saturated carbocycles. The van der Waals surface area contributed by atoms with Crippen molar-refractivity contribution in [1.82, 2.24) is 4.98 Å². The minimum Gasteiger partial charge on any atom is -0.503 e. The van der Waals surface area contributed by atoms with Gasteiger partial charge < -0.3 is 19.0 Å². The number of methoxy groups -OCH3 is 1. The maximum Gasteiger partial charge on any atom is 0.337 e. The summed E-state index contributed by atoms with van der Waals surface area (Å²) in [6, 6.07) is 13.8. The van der Waals surface area contributed by atoms with Crippen LogP contribution in [0.2, 0.25) is 0 Å². The highest BCUT2D eigenvalue weighted by molar-refractivity contribution is 7.22. The van der Waals surface area contributed by atoms with E-state index in [1.165, 1.54) is 41.5 Å². The summed E-state index contributed by atoms with van der Waals surface area (Å²) in [6.45, 7) is 4.08. The molecule has 0 unspecified atom stereocenters. The van der Waals surface area contributed by atoms with E-state index in [0.717, 1.165) is 4.70 Å². The Bertz CT molecular complexity index is 1570. The number of thiazole rings is 1. The van der Waals surface area contributed by atoms with Crippen LogP contribution in [0.1, 0.15) is 45.2 Å². The summed E-state index contributed by atoms with van der Waals surface area (Å²) in [5.74, 6) is -1.42. The van der Waals surface area contributed by atoms with Gasteiger partial charge in [0.05, 0.1) is 41.1 Å². The monoisotopic (exact) mass is 518 g/mol. The molecule has 0 spiro atoms. The lowest BCUT2D eigenvalue weighted by molar-refractivity contribution is -0.117. The van der Waals surface area contributed by atoms with E-state index in [4.69, 9.17) is 13.9 Å². The third-order valence-electron chi connectivity index (χ3n) is 5.93. The van der Waals surface area contributed by atoms with Crippen molar-refractivity contribution < 1.29 is 33.4 Å². The Kier molecular flexibility index (Phi) is 6.26. The second kappa shape index (κ2) is 9.55. The molecular formula is C27H22N2O7S. The first-order valence-corrected chi connectivity index (χ1v) is 12.2. The van der Waals surface area contributed by atoms with Crippen molar-refractivity contribution in [2.24, 2.45) is 0 Å². The van der Waals surface area contributed by atoms with Gasteiger partial charge in [-0.25, -0.2) is 9.78 Å². The standard InChI is InChI=1S/C27H22N2O7S/c1-4-35-17-10-11-18-20(13-17)37-27(28-18)29-22(15-6-8-16(9-7-15)26(33)34-3)21(24(31)25(29)32)23(30)19-12-5-14(2)36-19/h5-13,22,31H,4H2,1-3H3/t22-/m0/s1. The smallest absolute Gasteiger partial charge is 0.337 e. The fourth-order valence-electron chi connectivity index (χ4n) is 4.21. The average Bonchev–Trinajstić information content (AvgIpc) is 3.59. The molecule has 4 aromatic rings. The number of carbonyl (C=O) groups excluding carboxylic acids is 3. The number of anilines is 1. The van der Waals surface area contributed by atoms with Gasteiger partial charge in [-0.05, 0) is 61.9 Å². The fraction of sp³-hybridized carbons (Fsp3) is 0.185. The largest absolute Gasteiger partial charge is 0.503 e. The molecule has 0 aliphatic carbocycles. The van der Waals surface area contributed by atoms with Gasteiger partial charge in [0, 0.05) is 0 Å². The number of aryl methyl sites for hydroxylation is 1. The van der Waals surface area contributed by atoms with Gasteiger partial charge in [-0.1, -0.05) is 23.5 Å². The van der Waals surface area contributed by atoms with E-state index in [2.05, 4.69) is 4.98 Å². The Morgan fingerprint density at radius 1 is 1.14 bits per heavy atom. The summed E-state index contributed by atoms with van der Waals surface area (Å²) in [5.41, 5.74) is 1.29. The van der Waals surface area contributed by atoms with E-state index in [1.807, 2.05) is 13.0 Å². The number of aliphatic hydroxyl groups is 1. The predicted octanol–water partition coefficient (Wildman–Crippen LogP) is 5.17. The predicted molar refractivity (Wildman–Crippen MR) is 136 cm³/mol. The molecule has 188 valence electrons. The van der Waals surface area contributed by atoms with Crippen molar-refractivity contribution in [3.63, 3.8) is 0 Å². The van der Waals surface area contributed by atoms with Gasteiger partial charge in [0.15, 0.2) is 16.7 Å². The van der Waals surface area contributed by atoms with Gasteiger partial charge in [0.2, 0.25) is 5.78 Å². The minimum atomic E-state index is -1.01. The van der Waals surface area contributed by atoms with Crippen LogP contribution in [0, 0.1) is 6.92 Å². The Labute approximate surface area is 215 Å². The second-order valence-electron chi connectivity index (χ2n) is 8.25. The number of rotatable bonds is 7. The highest BCUT2D eigenvalue weighted by Crippen LogP contribution is 2.44. The van der Waals surface area contributed by atoms with E-state index in [-0.39, 0.29) is 11.3 Å². The van der Waals surface area contributed by atoms with Crippen molar-refractivity contribution in [1.29, 1.82) is 0 Å². The normalized spacial score (nSPS) is 15.5. The zero-order chi connectivity index (χ0) is 26.3. The quantitative estimate of drug-likeness (QED) is 0.263. The van der Waals surface area contributed by atoms with Crippen LogP contribution in [0.3, 0.4) is 0 Å². The molecule has 1 aliphatic rings. The number of carbonyl (C=O) groups is 3. The average molecular weight is 519 g/mol. The van der Waals surface area contributed by atoms with Crippen LogP contribution < -0.4 is 9.64 Å². The number of aliphatic hydroxyl groups excluding tert-OH is 1. The van der Waals surface area contributed by atoms with Gasteiger partial charge in [-0.15, -0.1) is 0 Å². The van der Waals surface area contributed by atoms with Gasteiger partial charge in [-0.3, -0.25) is 14.5 Å². The van der Waals surface area contributed by atoms with Gasteiger partial charge >= 0.3 is 5.97 Å². The SMILES string of the molecule is CCOc1ccc2nc(N3C(=O)C(O)=C(C(=O)c4ccc(C)o4)[C@@H]3c3ccc(C(=O)OC)cc3)sc2c1. The van der Waals surface area contributed by atoms with Crippen LogP contribution in [0.15, 0.2) is 70.3 Å². The van der Waals surface area contributed by atoms with Crippen molar-refractivity contribution >= 4 is 44.3 Å². The fourth-order valence-corrected chi connectivity index (χ4v) is 5.23. The summed E-state index contributed by atoms with van der Waals surface area (Å²) in [4.78, 5) is 44.7. The first kappa shape index (κ1) is 24.3. The molecule has 1 N–H and O–H groups in total. The molecule has 2 aromatic carbocycles. The Hall–Kier alpha value is -4.44. The number of hydrogen-bond donors (Lipinski definition) is 1. The molecule has 2 aromatic heterocycles. The Morgan fingerprint density at radius 2 is 1.89 bits per heavy atom. The van der Waals surface area contributed by atoms with Gasteiger partial charge in [-0.2, -0.15) is 0 Å². The second-order valence-corrected chi connectivity index (χ2v) is 9.26. The maximum atomic E-state index is 13.5. The topological polar surface area (TPSA) is 119 Å². The number of hydrogen-bond acceptors (Lipinski definition) is 9. The summed E-state index contributed by atoms with van der Waals surface area (Å²) >= 11 is 1.23. The molecular weight excluding hydrogens is 496 g/mol. The van der Waals surface area contributed by atoms with Crippen molar-refractivity contribution in [2.45, 2.75) is 19.9 Å².